The van der Waals surface area contributed by atoms with E-state index in [2.05, 4.69) is 6.92 Å². The number of aryl methyl sites for hydroxylation is 2. The fourth-order valence-electron chi connectivity index (χ4n) is 3.29. The van der Waals surface area contributed by atoms with Gasteiger partial charge in [0.2, 0.25) is 0 Å². The highest BCUT2D eigenvalue weighted by Crippen LogP contribution is 2.13. The second kappa shape index (κ2) is 12.5. The van der Waals surface area contributed by atoms with Gasteiger partial charge in [0.25, 0.3) is 0 Å². The smallest absolute Gasteiger partial charge is 0.137 e. The van der Waals surface area contributed by atoms with E-state index in [0.29, 0.717) is 13.1 Å². The van der Waals surface area contributed by atoms with Crippen molar-refractivity contribution in [2.45, 2.75) is 45.8 Å². The van der Waals surface area contributed by atoms with Crippen LogP contribution in [-0.4, -0.2) is 55.3 Å². The van der Waals surface area contributed by atoms with Gasteiger partial charge in [0.05, 0.1) is 6.54 Å². The van der Waals surface area contributed by atoms with E-state index in [9.17, 15) is 10.2 Å². The zero-order valence-electron chi connectivity index (χ0n) is 17.9. The lowest BCUT2D eigenvalue weighted by Crippen LogP contribution is -3.14. The third-order valence-corrected chi connectivity index (χ3v) is 4.80. The molecule has 0 aliphatic rings. The molecule has 0 bridgehead atoms. The molecule has 0 amide bonds. The quantitative estimate of drug-likeness (QED) is 0.481. The summed E-state index contributed by atoms with van der Waals surface area (Å²) in [5, 5.41) is 20.9. The second-order valence-corrected chi connectivity index (χ2v) is 7.82. The van der Waals surface area contributed by atoms with Crippen LogP contribution in [0.5, 0.6) is 11.5 Å². The minimum Gasteiger partial charge on any atom is -0.491 e. The maximum atomic E-state index is 10.4. The van der Waals surface area contributed by atoms with Crippen LogP contribution in [0.1, 0.15) is 30.9 Å². The number of benzene rings is 2. The molecule has 0 saturated carbocycles. The van der Waals surface area contributed by atoms with Gasteiger partial charge in [-0.3, -0.25) is 0 Å². The van der Waals surface area contributed by atoms with E-state index in [0.717, 1.165) is 46.9 Å². The Kier molecular flexibility index (Phi) is 9.98. The van der Waals surface area contributed by atoms with Gasteiger partial charge in [-0.25, -0.2) is 0 Å². The van der Waals surface area contributed by atoms with Crippen LogP contribution in [-0.2, 0) is 0 Å². The predicted molar refractivity (Wildman–Crippen MR) is 116 cm³/mol. The highest BCUT2D eigenvalue weighted by molar-refractivity contribution is 5.28. The number of aliphatic hydroxyl groups excluding tert-OH is 2. The van der Waals surface area contributed by atoms with Gasteiger partial charge < -0.3 is 24.6 Å². The zero-order valence-corrected chi connectivity index (χ0v) is 17.9. The molecule has 0 radical (unpaired) electrons. The van der Waals surface area contributed by atoms with Gasteiger partial charge in [0, 0.05) is 0 Å². The number of ether oxygens (including phenoxy) is 2. The molecule has 160 valence electrons. The lowest BCUT2D eigenvalue weighted by Gasteiger charge is -2.24. The predicted octanol–water partition coefficient (Wildman–Crippen LogP) is 2.17. The number of hydrogen-bond donors (Lipinski definition) is 3. The van der Waals surface area contributed by atoms with Gasteiger partial charge in [-0.2, -0.15) is 0 Å². The molecular formula is C24H36NO4+. The second-order valence-electron chi connectivity index (χ2n) is 7.82. The van der Waals surface area contributed by atoms with Crippen LogP contribution in [0.4, 0.5) is 0 Å². The van der Waals surface area contributed by atoms with Crippen molar-refractivity contribution in [2.24, 2.45) is 0 Å². The summed E-state index contributed by atoms with van der Waals surface area (Å²) in [6, 6.07) is 15.6. The zero-order chi connectivity index (χ0) is 21.1. The summed E-state index contributed by atoms with van der Waals surface area (Å²) in [6.07, 6.45) is 0.946. The van der Waals surface area contributed by atoms with Crippen LogP contribution in [0.25, 0.3) is 0 Å². The van der Waals surface area contributed by atoms with Gasteiger partial charge in [0.15, 0.2) is 0 Å². The van der Waals surface area contributed by atoms with Gasteiger partial charge >= 0.3 is 0 Å². The van der Waals surface area contributed by atoms with Crippen LogP contribution in [0.3, 0.4) is 0 Å². The fourth-order valence-corrected chi connectivity index (χ4v) is 3.29. The van der Waals surface area contributed by atoms with Crippen molar-refractivity contribution in [2.75, 3.05) is 32.8 Å². The third-order valence-electron chi connectivity index (χ3n) is 4.80. The van der Waals surface area contributed by atoms with Crippen LogP contribution < -0.4 is 14.4 Å². The molecule has 0 spiro atoms. The number of unbranched alkanes of at least 4 members (excludes halogenated alkanes) is 1. The molecule has 0 aromatic heterocycles. The summed E-state index contributed by atoms with van der Waals surface area (Å²) in [7, 11) is 0. The average Bonchev–Trinajstić information content (AvgIpc) is 2.69. The minimum atomic E-state index is -0.591. The standard InChI is InChI=1S/C24H35NO4/c1-4-5-12-25(15-21(26)17-28-23-10-6-8-19(2)13-23)16-22(27)18-29-24-11-7-9-20(3)14-24/h6-11,13-14,21-22,26-27H,4-5,12,15-18H2,1-3H3/p+1/t21-,22-/m1/s1. The molecule has 0 unspecified atom stereocenters. The molecule has 0 saturated heterocycles. The fraction of sp³-hybridized carbons (Fsp3) is 0.500. The van der Waals surface area contributed by atoms with E-state index in [1.54, 1.807) is 0 Å². The Morgan fingerprint density at radius 2 is 1.31 bits per heavy atom. The largest absolute Gasteiger partial charge is 0.491 e. The highest BCUT2D eigenvalue weighted by Gasteiger charge is 2.20. The molecule has 0 aliphatic carbocycles. The van der Waals surface area contributed by atoms with Gasteiger partial charge in [-0.05, 0) is 55.7 Å². The number of quaternary nitrogens is 1. The Balaban J connectivity index is 1.80. The van der Waals surface area contributed by atoms with E-state index in [1.165, 1.54) is 0 Å². The number of aliphatic hydroxyl groups is 2. The molecule has 2 atom stereocenters. The Morgan fingerprint density at radius 3 is 1.72 bits per heavy atom. The van der Waals surface area contributed by atoms with Crippen molar-refractivity contribution in [1.29, 1.82) is 0 Å². The lowest BCUT2D eigenvalue weighted by atomic mass is 10.2. The van der Waals surface area contributed by atoms with Crippen molar-refractivity contribution in [3.05, 3.63) is 59.7 Å². The lowest BCUT2D eigenvalue weighted by molar-refractivity contribution is -0.906. The van der Waals surface area contributed by atoms with Crippen LogP contribution in [0, 0.1) is 13.8 Å². The van der Waals surface area contributed by atoms with Crippen molar-refractivity contribution in [3.63, 3.8) is 0 Å². The summed E-state index contributed by atoms with van der Waals surface area (Å²) in [4.78, 5) is 1.16. The normalized spacial score (nSPS) is 13.3. The first-order valence-corrected chi connectivity index (χ1v) is 10.5. The Morgan fingerprint density at radius 1 is 0.828 bits per heavy atom. The first-order chi connectivity index (χ1) is 14.0. The maximum Gasteiger partial charge on any atom is 0.137 e. The highest BCUT2D eigenvalue weighted by atomic mass is 16.5. The van der Waals surface area contributed by atoms with E-state index < -0.39 is 12.2 Å². The molecule has 5 heteroatoms. The van der Waals surface area contributed by atoms with Crippen molar-refractivity contribution in [1.82, 2.24) is 0 Å². The van der Waals surface area contributed by atoms with E-state index in [-0.39, 0.29) is 13.2 Å². The van der Waals surface area contributed by atoms with Gasteiger partial charge in [-0.1, -0.05) is 37.6 Å². The molecule has 0 aliphatic heterocycles. The first kappa shape index (κ1) is 23.2. The number of rotatable bonds is 13. The van der Waals surface area contributed by atoms with Crippen LogP contribution >= 0.6 is 0 Å². The molecule has 2 aromatic rings. The van der Waals surface area contributed by atoms with E-state index in [1.807, 2.05) is 62.4 Å². The Labute approximate surface area is 174 Å². The summed E-state index contributed by atoms with van der Waals surface area (Å²) in [5.41, 5.74) is 2.26. The van der Waals surface area contributed by atoms with Crippen molar-refractivity contribution < 1.29 is 24.6 Å². The van der Waals surface area contributed by atoms with Crippen molar-refractivity contribution >= 4 is 0 Å². The summed E-state index contributed by atoms with van der Waals surface area (Å²) in [6.45, 7) is 8.64. The molecule has 0 heterocycles. The molecule has 2 aromatic carbocycles. The van der Waals surface area contributed by atoms with Gasteiger partial charge in [-0.15, -0.1) is 0 Å². The molecule has 3 N–H and O–H groups in total. The summed E-state index contributed by atoms with van der Waals surface area (Å²) < 4.78 is 11.4. The van der Waals surface area contributed by atoms with Gasteiger partial charge in [0.1, 0.15) is 50.0 Å². The molecule has 2 rings (SSSR count). The van der Waals surface area contributed by atoms with Crippen molar-refractivity contribution in [3.8, 4) is 11.5 Å². The molecular weight excluding hydrogens is 366 g/mol. The number of hydrogen-bond acceptors (Lipinski definition) is 4. The average molecular weight is 403 g/mol. The number of nitrogens with one attached hydrogen (secondary N) is 1. The third kappa shape index (κ3) is 9.31. The first-order valence-electron chi connectivity index (χ1n) is 10.5. The molecule has 5 nitrogen and oxygen atoms in total. The Bertz CT molecular complexity index is 664. The minimum absolute atomic E-state index is 0.245. The van der Waals surface area contributed by atoms with Crippen LogP contribution in [0.15, 0.2) is 48.5 Å². The summed E-state index contributed by atoms with van der Waals surface area (Å²) in [5.74, 6) is 1.54. The SMILES string of the molecule is CCCC[NH+](C[C@@H](O)COc1cccc(C)c1)C[C@@H](O)COc1cccc(C)c1. The van der Waals surface area contributed by atoms with E-state index in [4.69, 9.17) is 9.47 Å². The van der Waals surface area contributed by atoms with Crippen LogP contribution in [0.2, 0.25) is 0 Å². The Hall–Kier alpha value is -2.08. The topological polar surface area (TPSA) is 63.4 Å². The van der Waals surface area contributed by atoms with E-state index >= 15 is 0 Å². The monoisotopic (exact) mass is 402 g/mol. The maximum absolute atomic E-state index is 10.4. The molecule has 29 heavy (non-hydrogen) atoms. The summed E-state index contributed by atoms with van der Waals surface area (Å²) >= 11 is 0. The molecule has 0 fully saturated rings.